The third-order valence-electron chi connectivity index (χ3n) is 2.79. The normalized spacial score (nSPS) is 14.1. The predicted octanol–water partition coefficient (Wildman–Crippen LogP) is 3.08. The number of hydrogen-bond donors (Lipinski definition) is 1. The number of hydrogen-bond acceptors (Lipinski definition) is 3. The lowest BCUT2D eigenvalue weighted by Crippen LogP contribution is -2.36. The van der Waals surface area contributed by atoms with Crippen LogP contribution in [0.2, 0.25) is 5.02 Å². The number of carbonyl (C=O) groups excluding carboxylic acids is 1. The SMILES string of the molecule is CCC(C)NC(C(=O)OC)c1c(F)cccc1Cl. The number of benzene rings is 1. The Morgan fingerprint density at radius 1 is 1.56 bits per heavy atom. The average molecular weight is 274 g/mol. The van der Waals surface area contributed by atoms with E-state index >= 15 is 0 Å². The molecule has 3 nitrogen and oxygen atoms in total. The van der Waals surface area contributed by atoms with Crippen LogP contribution in [-0.2, 0) is 9.53 Å². The minimum Gasteiger partial charge on any atom is -0.468 e. The van der Waals surface area contributed by atoms with Gasteiger partial charge in [0.2, 0.25) is 0 Å². The Morgan fingerprint density at radius 2 is 2.22 bits per heavy atom. The van der Waals surface area contributed by atoms with Crippen molar-refractivity contribution in [2.24, 2.45) is 0 Å². The first-order chi connectivity index (χ1) is 8.51. The third kappa shape index (κ3) is 3.43. The number of esters is 1. The molecule has 100 valence electrons. The Labute approximate surface area is 111 Å². The first kappa shape index (κ1) is 14.9. The van der Waals surface area contributed by atoms with Crippen LogP contribution in [0, 0.1) is 5.82 Å². The summed E-state index contributed by atoms with van der Waals surface area (Å²) in [5, 5.41) is 3.23. The summed E-state index contributed by atoms with van der Waals surface area (Å²) in [7, 11) is 1.27. The van der Waals surface area contributed by atoms with Crippen LogP contribution in [0.4, 0.5) is 4.39 Å². The van der Waals surface area contributed by atoms with Crippen LogP contribution in [0.5, 0.6) is 0 Å². The maximum atomic E-state index is 13.8. The summed E-state index contributed by atoms with van der Waals surface area (Å²) >= 11 is 5.96. The number of rotatable bonds is 5. The molecule has 0 radical (unpaired) electrons. The van der Waals surface area contributed by atoms with E-state index < -0.39 is 17.8 Å². The molecule has 0 aromatic heterocycles. The van der Waals surface area contributed by atoms with Gasteiger partial charge >= 0.3 is 5.97 Å². The molecule has 1 rings (SSSR count). The summed E-state index contributed by atoms with van der Waals surface area (Å²) in [6, 6.07) is 3.48. The van der Waals surface area contributed by atoms with Crippen molar-refractivity contribution in [1.29, 1.82) is 0 Å². The van der Waals surface area contributed by atoms with Gasteiger partial charge in [-0.3, -0.25) is 5.32 Å². The van der Waals surface area contributed by atoms with Crippen LogP contribution in [0.15, 0.2) is 18.2 Å². The summed E-state index contributed by atoms with van der Waals surface area (Å²) in [6.45, 7) is 3.87. The fourth-order valence-electron chi connectivity index (χ4n) is 1.58. The van der Waals surface area contributed by atoms with Gasteiger partial charge in [0.15, 0.2) is 0 Å². The first-order valence-electron chi connectivity index (χ1n) is 5.79. The van der Waals surface area contributed by atoms with Gasteiger partial charge in [-0.15, -0.1) is 0 Å². The maximum Gasteiger partial charge on any atom is 0.327 e. The summed E-state index contributed by atoms with van der Waals surface area (Å²) in [6.07, 6.45) is 0.805. The van der Waals surface area contributed by atoms with Crippen LogP contribution in [-0.4, -0.2) is 19.1 Å². The number of nitrogens with one attached hydrogen (secondary N) is 1. The molecule has 18 heavy (non-hydrogen) atoms. The Morgan fingerprint density at radius 3 is 2.72 bits per heavy atom. The first-order valence-corrected chi connectivity index (χ1v) is 6.16. The molecule has 1 aromatic rings. The zero-order valence-electron chi connectivity index (χ0n) is 10.7. The Hall–Kier alpha value is -1.13. The molecule has 0 aliphatic rings. The van der Waals surface area contributed by atoms with E-state index in [0.29, 0.717) is 0 Å². The molecular weight excluding hydrogens is 257 g/mol. The van der Waals surface area contributed by atoms with Crippen molar-refractivity contribution in [1.82, 2.24) is 5.32 Å². The lowest BCUT2D eigenvalue weighted by molar-refractivity contribution is -0.143. The second-order valence-electron chi connectivity index (χ2n) is 4.07. The predicted molar refractivity (Wildman–Crippen MR) is 69.1 cm³/mol. The standard InChI is InChI=1S/C13H17ClFNO2/c1-4-8(2)16-12(13(17)18-3)11-9(14)6-5-7-10(11)15/h5-8,12,16H,4H2,1-3H3. The van der Waals surface area contributed by atoms with E-state index in [0.717, 1.165) is 6.42 Å². The molecule has 0 aliphatic carbocycles. The van der Waals surface area contributed by atoms with Gasteiger partial charge in [0.05, 0.1) is 7.11 Å². The van der Waals surface area contributed by atoms with Gasteiger partial charge < -0.3 is 4.74 Å². The second-order valence-corrected chi connectivity index (χ2v) is 4.47. The molecule has 0 bridgehead atoms. The minimum absolute atomic E-state index is 0.0461. The van der Waals surface area contributed by atoms with Gasteiger partial charge in [0.1, 0.15) is 11.9 Å². The quantitative estimate of drug-likeness (QED) is 0.838. The zero-order chi connectivity index (χ0) is 13.7. The smallest absolute Gasteiger partial charge is 0.327 e. The molecule has 0 fully saturated rings. The van der Waals surface area contributed by atoms with Gasteiger partial charge in [-0.25, -0.2) is 9.18 Å². The number of methoxy groups -OCH3 is 1. The summed E-state index contributed by atoms with van der Waals surface area (Å²) in [5.74, 6) is -1.07. The molecule has 0 saturated carbocycles. The van der Waals surface area contributed by atoms with Crippen LogP contribution in [0.25, 0.3) is 0 Å². The molecule has 2 unspecified atom stereocenters. The van der Waals surface area contributed by atoms with E-state index in [1.54, 1.807) is 6.07 Å². The fraction of sp³-hybridized carbons (Fsp3) is 0.462. The molecule has 0 heterocycles. The molecule has 5 heteroatoms. The van der Waals surface area contributed by atoms with Crippen LogP contribution in [0.1, 0.15) is 31.9 Å². The largest absolute Gasteiger partial charge is 0.468 e. The zero-order valence-corrected chi connectivity index (χ0v) is 11.4. The fourth-order valence-corrected chi connectivity index (χ4v) is 1.85. The van der Waals surface area contributed by atoms with E-state index in [2.05, 4.69) is 5.32 Å². The van der Waals surface area contributed by atoms with Gasteiger partial charge in [0, 0.05) is 16.6 Å². The van der Waals surface area contributed by atoms with E-state index in [9.17, 15) is 9.18 Å². The third-order valence-corrected chi connectivity index (χ3v) is 3.12. The van der Waals surface area contributed by atoms with Crippen molar-refractivity contribution in [3.05, 3.63) is 34.6 Å². The topological polar surface area (TPSA) is 38.3 Å². The Bertz CT molecular complexity index is 405. The van der Waals surface area contributed by atoms with Crippen molar-refractivity contribution < 1.29 is 13.9 Å². The van der Waals surface area contributed by atoms with Crippen LogP contribution < -0.4 is 5.32 Å². The molecule has 2 atom stereocenters. The average Bonchev–Trinajstić information content (AvgIpc) is 2.36. The molecule has 0 spiro atoms. The highest BCUT2D eigenvalue weighted by atomic mass is 35.5. The molecule has 0 aliphatic heterocycles. The molecule has 0 saturated heterocycles. The van der Waals surface area contributed by atoms with Crippen molar-refractivity contribution in [3.63, 3.8) is 0 Å². The van der Waals surface area contributed by atoms with E-state index in [1.807, 2.05) is 13.8 Å². The summed E-state index contributed by atoms with van der Waals surface area (Å²) < 4.78 is 18.5. The van der Waals surface area contributed by atoms with Crippen LogP contribution in [0.3, 0.4) is 0 Å². The minimum atomic E-state index is -0.890. The van der Waals surface area contributed by atoms with Crippen molar-refractivity contribution in [3.8, 4) is 0 Å². The van der Waals surface area contributed by atoms with Gasteiger partial charge in [-0.05, 0) is 25.5 Å². The highest BCUT2D eigenvalue weighted by Gasteiger charge is 2.27. The van der Waals surface area contributed by atoms with E-state index in [-0.39, 0.29) is 16.6 Å². The van der Waals surface area contributed by atoms with Crippen molar-refractivity contribution >= 4 is 17.6 Å². The van der Waals surface area contributed by atoms with E-state index in [1.165, 1.54) is 19.2 Å². The lowest BCUT2D eigenvalue weighted by atomic mass is 10.0. The lowest BCUT2D eigenvalue weighted by Gasteiger charge is -2.22. The van der Waals surface area contributed by atoms with Gasteiger partial charge in [-0.1, -0.05) is 24.6 Å². The Kier molecular flexibility index (Phi) is 5.56. The molecule has 1 N–H and O–H groups in total. The number of halogens is 2. The molecule has 0 amide bonds. The number of ether oxygens (including phenoxy) is 1. The van der Waals surface area contributed by atoms with Crippen LogP contribution >= 0.6 is 11.6 Å². The van der Waals surface area contributed by atoms with Crippen molar-refractivity contribution in [2.75, 3.05) is 7.11 Å². The summed E-state index contributed by atoms with van der Waals surface area (Å²) in [5.41, 5.74) is 0.131. The van der Waals surface area contributed by atoms with Gasteiger partial charge in [0.25, 0.3) is 0 Å². The Balaban J connectivity index is 3.13. The highest BCUT2D eigenvalue weighted by molar-refractivity contribution is 6.31. The number of carbonyl (C=O) groups is 1. The monoisotopic (exact) mass is 273 g/mol. The molecular formula is C13H17ClFNO2. The highest BCUT2D eigenvalue weighted by Crippen LogP contribution is 2.27. The van der Waals surface area contributed by atoms with Crippen molar-refractivity contribution in [2.45, 2.75) is 32.4 Å². The maximum absolute atomic E-state index is 13.8. The summed E-state index contributed by atoms with van der Waals surface area (Å²) in [4.78, 5) is 11.8. The van der Waals surface area contributed by atoms with E-state index in [4.69, 9.17) is 16.3 Å². The molecule has 1 aromatic carbocycles. The van der Waals surface area contributed by atoms with Gasteiger partial charge in [-0.2, -0.15) is 0 Å². The second kappa shape index (κ2) is 6.71.